The molecule has 74 valence electrons. The minimum atomic E-state index is -0.0579. The highest BCUT2D eigenvalue weighted by Gasteiger charge is 1.95. The van der Waals surface area contributed by atoms with Gasteiger partial charge in [-0.15, -0.1) is 5.10 Å². The maximum atomic E-state index is 5.11. The molecule has 0 aliphatic carbocycles. The number of nitrogens with zero attached hydrogens (tertiary/aromatic N) is 2. The van der Waals surface area contributed by atoms with Crippen LogP contribution in [0.1, 0.15) is 5.56 Å². The van der Waals surface area contributed by atoms with Crippen molar-refractivity contribution in [2.45, 2.75) is 0 Å². The summed E-state index contributed by atoms with van der Waals surface area (Å²) in [4.78, 5) is 0. The van der Waals surface area contributed by atoms with Gasteiger partial charge in [0.15, 0.2) is 0 Å². The van der Waals surface area contributed by atoms with E-state index < -0.39 is 0 Å². The average molecular weight is 320 g/mol. The second kappa shape index (κ2) is 5.11. The van der Waals surface area contributed by atoms with Gasteiger partial charge in [0.25, 0.3) is 0 Å². The fourth-order valence-electron chi connectivity index (χ4n) is 0.755. The van der Waals surface area contributed by atoms with Gasteiger partial charge in [0.05, 0.1) is 6.21 Å². The molecule has 6 heteroatoms. The minimum Gasteiger partial charge on any atom is -0.369 e. The Morgan fingerprint density at radius 2 is 1.93 bits per heavy atom. The van der Waals surface area contributed by atoms with Gasteiger partial charge in [-0.2, -0.15) is 5.10 Å². The maximum absolute atomic E-state index is 5.11. The van der Waals surface area contributed by atoms with Crippen LogP contribution in [0.5, 0.6) is 0 Å². The lowest BCUT2D eigenvalue weighted by Crippen LogP contribution is -2.21. The highest BCUT2D eigenvalue weighted by atomic mass is 79.9. The second-order valence-electron chi connectivity index (χ2n) is 2.44. The van der Waals surface area contributed by atoms with E-state index in [0.717, 1.165) is 14.5 Å². The molecule has 0 aliphatic heterocycles. The van der Waals surface area contributed by atoms with Crippen LogP contribution in [0.2, 0.25) is 0 Å². The van der Waals surface area contributed by atoms with E-state index in [0.29, 0.717) is 0 Å². The second-order valence-corrected chi connectivity index (χ2v) is 4.15. The van der Waals surface area contributed by atoms with Gasteiger partial charge in [-0.1, -0.05) is 6.07 Å². The van der Waals surface area contributed by atoms with E-state index in [-0.39, 0.29) is 5.96 Å². The summed E-state index contributed by atoms with van der Waals surface area (Å²) in [5, 5.41) is 7.18. The van der Waals surface area contributed by atoms with E-state index in [4.69, 9.17) is 11.5 Å². The van der Waals surface area contributed by atoms with Crippen molar-refractivity contribution in [3.8, 4) is 0 Å². The maximum Gasteiger partial charge on any atom is 0.211 e. The van der Waals surface area contributed by atoms with Crippen molar-refractivity contribution in [3.05, 3.63) is 32.7 Å². The van der Waals surface area contributed by atoms with Gasteiger partial charge < -0.3 is 11.5 Å². The highest BCUT2D eigenvalue weighted by Crippen LogP contribution is 2.23. The Labute approximate surface area is 98.3 Å². The first-order chi connectivity index (χ1) is 6.59. The topological polar surface area (TPSA) is 76.8 Å². The van der Waals surface area contributed by atoms with Crippen LogP contribution in [0.25, 0.3) is 0 Å². The summed E-state index contributed by atoms with van der Waals surface area (Å²) in [5.74, 6) is -0.0579. The van der Waals surface area contributed by atoms with E-state index in [2.05, 4.69) is 42.1 Å². The number of halogens is 2. The van der Waals surface area contributed by atoms with Crippen molar-refractivity contribution >= 4 is 44.0 Å². The van der Waals surface area contributed by atoms with Crippen LogP contribution in [0.15, 0.2) is 37.3 Å². The van der Waals surface area contributed by atoms with Crippen LogP contribution in [-0.2, 0) is 0 Å². The first kappa shape index (κ1) is 11.2. The van der Waals surface area contributed by atoms with E-state index in [1.165, 1.54) is 0 Å². The highest BCUT2D eigenvalue weighted by molar-refractivity contribution is 9.13. The van der Waals surface area contributed by atoms with Gasteiger partial charge >= 0.3 is 0 Å². The summed E-state index contributed by atoms with van der Waals surface area (Å²) in [6.45, 7) is 0. The molecule has 0 aliphatic rings. The molecule has 0 spiro atoms. The molecular weight excluding hydrogens is 312 g/mol. The number of hydrogen-bond acceptors (Lipinski definition) is 2. The molecule has 1 aromatic carbocycles. The Bertz CT molecular complexity index is 383. The van der Waals surface area contributed by atoms with Crippen LogP contribution < -0.4 is 11.5 Å². The molecule has 0 aromatic heterocycles. The molecule has 1 aromatic rings. The van der Waals surface area contributed by atoms with Crippen LogP contribution >= 0.6 is 31.9 Å². The summed E-state index contributed by atoms with van der Waals surface area (Å²) < 4.78 is 1.93. The Morgan fingerprint density at radius 1 is 1.21 bits per heavy atom. The van der Waals surface area contributed by atoms with E-state index in [1.54, 1.807) is 6.21 Å². The molecule has 14 heavy (non-hydrogen) atoms. The summed E-state index contributed by atoms with van der Waals surface area (Å²) in [5.41, 5.74) is 11.1. The van der Waals surface area contributed by atoms with Crippen LogP contribution in [0.4, 0.5) is 0 Å². The molecule has 0 bridgehead atoms. The van der Waals surface area contributed by atoms with Crippen molar-refractivity contribution in [3.63, 3.8) is 0 Å². The van der Waals surface area contributed by atoms with Gasteiger partial charge in [-0.25, -0.2) is 0 Å². The average Bonchev–Trinajstić information content (AvgIpc) is 2.10. The van der Waals surface area contributed by atoms with Crippen molar-refractivity contribution in [1.82, 2.24) is 0 Å². The molecule has 0 saturated carbocycles. The lowest BCUT2D eigenvalue weighted by Gasteiger charge is -1.96. The molecule has 1 rings (SSSR count). The Morgan fingerprint density at radius 3 is 2.50 bits per heavy atom. The zero-order valence-corrected chi connectivity index (χ0v) is 10.3. The molecule has 0 saturated heterocycles. The summed E-state index contributed by atoms with van der Waals surface area (Å²) >= 11 is 6.73. The Hall–Kier alpha value is -0.880. The summed E-state index contributed by atoms with van der Waals surface area (Å²) in [6.07, 6.45) is 1.57. The van der Waals surface area contributed by atoms with Crippen molar-refractivity contribution in [2.75, 3.05) is 0 Å². The van der Waals surface area contributed by atoms with Crippen LogP contribution in [0, 0.1) is 0 Å². The smallest absolute Gasteiger partial charge is 0.211 e. The number of hydrogen-bond donors (Lipinski definition) is 2. The Balaban J connectivity index is 2.83. The van der Waals surface area contributed by atoms with E-state index in [9.17, 15) is 0 Å². The van der Waals surface area contributed by atoms with Gasteiger partial charge in [0.2, 0.25) is 5.96 Å². The first-order valence-corrected chi connectivity index (χ1v) is 5.25. The van der Waals surface area contributed by atoms with E-state index >= 15 is 0 Å². The third kappa shape index (κ3) is 3.47. The lowest BCUT2D eigenvalue weighted by molar-refractivity contribution is 1.21. The molecule has 4 nitrogen and oxygen atoms in total. The monoisotopic (exact) mass is 318 g/mol. The zero-order chi connectivity index (χ0) is 10.6. The summed E-state index contributed by atoms with van der Waals surface area (Å²) in [7, 11) is 0. The van der Waals surface area contributed by atoms with Gasteiger partial charge in [0.1, 0.15) is 0 Å². The molecule has 4 N–H and O–H groups in total. The Kier molecular flexibility index (Phi) is 4.09. The number of guanidine groups is 1. The third-order valence-electron chi connectivity index (χ3n) is 1.32. The molecular formula is C8H8Br2N4. The predicted octanol–water partition coefficient (Wildman–Crippen LogP) is 1.82. The van der Waals surface area contributed by atoms with Crippen molar-refractivity contribution in [1.29, 1.82) is 0 Å². The third-order valence-corrected chi connectivity index (χ3v) is 3.20. The van der Waals surface area contributed by atoms with Crippen LogP contribution in [0.3, 0.4) is 0 Å². The molecule has 0 unspecified atom stereocenters. The number of benzene rings is 1. The number of rotatable bonds is 2. The quantitative estimate of drug-likeness (QED) is 0.495. The predicted molar refractivity (Wildman–Crippen MR) is 65.2 cm³/mol. The minimum absolute atomic E-state index is 0.0579. The molecule has 0 heterocycles. The van der Waals surface area contributed by atoms with Crippen molar-refractivity contribution in [2.24, 2.45) is 21.7 Å². The molecule has 0 amide bonds. The fraction of sp³-hybridized carbons (Fsp3) is 0. The molecule has 0 fully saturated rings. The van der Waals surface area contributed by atoms with Crippen LogP contribution in [-0.4, -0.2) is 12.2 Å². The zero-order valence-electron chi connectivity index (χ0n) is 7.11. The first-order valence-electron chi connectivity index (χ1n) is 3.66. The standard InChI is InChI=1S/C8H8Br2N4/c9-6-2-1-5(3-7(6)10)4-13-14-8(11)12/h1-4H,(H4,11,12,14)/b13-4-. The van der Waals surface area contributed by atoms with E-state index in [1.807, 2.05) is 18.2 Å². The largest absolute Gasteiger partial charge is 0.369 e. The molecule has 0 radical (unpaired) electrons. The van der Waals surface area contributed by atoms with Crippen molar-refractivity contribution < 1.29 is 0 Å². The molecule has 0 atom stereocenters. The van der Waals surface area contributed by atoms with Gasteiger partial charge in [0, 0.05) is 8.95 Å². The lowest BCUT2D eigenvalue weighted by atomic mass is 10.2. The SMILES string of the molecule is NC(N)=N/N=C\c1ccc(Br)c(Br)c1. The summed E-state index contributed by atoms with van der Waals surface area (Å²) in [6, 6.07) is 5.69. The fourth-order valence-corrected chi connectivity index (χ4v) is 1.40. The van der Waals surface area contributed by atoms with Gasteiger partial charge in [-0.3, -0.25) is 0 Å². The van der Waals surface area contributed by atoms with Gasteiger partial charge in [-0.05, 0) is 49.6 Å². The number of nitrogens with two attached hydrogens (primary N) is 2. The normalized spacial score (nSPS) is 10.4.